The van der Waals surface area contributed by atoms with Crippen molar-refractivity contribution in [1.82, 2.24) is 4.90 Å². The number of amides is 1. The molecule has 124 valence electrons. The van der Waals surface area contributed by atoms with Gasteiger partial charge in [-0.1, -0.05) is 18.2 Å². The standard InChI is InChI=1S/C18H16FNO4/c1-24-17(21)13-3-2-11-8-9-20(18(22)23)16(15(11)10-13)12-4-6-14(19)7-5-12/h2-7,10,16H,8-9H2,1H3,(H,22,23). The van der Waals surface area contributed by atoms with E-state index in [9.17, 15) is 19.1 Å². The van der Waals surface area contributed by atoms with E-state index in [1.807, 2.05) is 6.07 Å². The molecule has 0 radical (unpaired) electrons. The first-order chi connectivity index (χ1) is 11.5. The fourth-order valence-corrected chi connectivity index (χ4v) is 3.07. The lowest BCUT2D eigenvalue weighted by Gasteiger charge is -2.36. The van der Waals surface area contributed by atoms with Crippen LogP contribution in [0.1, 0.15) is 33.1 Å². The van der Waals surface area contributed by atoms with Crippen molar-refractivity contribution < 1.29 is 23.8 Å². The Labute approximate surface area is 138 Å². The van der Waals surface area contributed by atoms with E-state index < -0.39 is 18.1 Å². The van der Waals surface area contributed by atoms with Gasteiger partial charge < -0.3 is 9.84 Å². The summed E-state index contributed by atoms with van der Waals surface area (Å²) in [6, 6.07) is 10.3. The number of halogens is 1. The maximum atomic E-state index is 13.2. The summed E-state index contributed by atoms with van der Waals surface area (Å²) in [6.07, 6.45) is -0.501. The number of methoxy groups -OCH3 is 1. The lowest BCUT2D eigenvalue weighted by molar-refractivity contribution is 0.0600. The van der Waals surface area contributed by atoms with Crippen molar-refractivity contribution in [3.63, 3.8) is 0 Å². The molecule has 5 nitrogen and oxygen atoms in total. The lowest BCUT2D eigenvalue weighted by Crippen LogP contribution is -2.39. The fourth-order valence-electron chi connectivity index (χ4n) is 3.07. The van der Waals surface area contributed by atoms with Crippen LogP contribution in [-0.2, 0) is 11.2 Å². The first-order valence-electron chi connectivity index (χ1n) is 7.47. The predicted octanol–water partition coefficient (Wildman–Crippen LogP) is 3.24. The highest BCUT2D eigenvalue weighted by molar-refractivity contribution is 5.89. The summed E-state index contributed by atoms with van der Waals surface area (Å²) in [5.41, 5.74) is 2.70. The second-order valence-electron chi connectivity index (χ2n) is 5.59. The van der Waals surface area contributed by atoms with Crippen LogP contribution in [0.15, 0.2) is 42.5 Å². The largest absolute Gasteiger partial charge is 0.465 e. The van der Waals surface area contributed by atoms with E-state index in [1.54, 1.807) is 24.3 Å². The molecule has 0 aliphatic carbocycles. The van der Waals surface area contributed by atoms with Crippen LogP contribution in [0, 0.1) is 5.82 Å². The van der Waals surface area contributed by atoms with Gasteiger partial charge in [-0.3, -0.25) is 4.90 Å². The summed E-state index contributed by atoms with van der Waals surface area (Å²) < 4.78 is 18.0. The maximum absolute atomic E-state index is 13.2. The van der Waals surface area contributed by atoms with Crippen LogP contribution in [0.4, 0.5) is 9.18 Å². The Hall–Kier alpha value is -2.89. The second-order valence-corrected chi connectivity index (χ2v) is 5.59. The van der Waals surface area contributed by atoms with Crippen molar-refractivity contribution >= 4 is 12.1 Å². The minimum atomic E-state index is -1.06. The Morgan fingerprint density at radius 3 is 2.54 bits per heavy atom. The van der Waals surface area contributed by atoms with E-state index >= 15 is 0 Å². The Bertz CT molecular complexity index is 788. The summed E-state index contributed by atoms with van der Waals surface area (Å²) in [5, 5.41) is 9.54. The Balaban J connectivity index is 2.14. The Morgan fingerprint density at radius 2 is 1.92 bits per heavy atom. The van der Waals surface area contributed by atoms with E-state index in [0.717, 1.165) is 11.1 Å². The molecule has 1 unspecified atom stereocenters. The summed E-state index contributed by atoms with van der Waals surface area (Å²) in [4.78, 5) is 24.8. The van der Waals surface area contributed by atoms with Gasteiger partial charge >= 0.3 is 12.1 Å². The minimum Gasteiger partial charge on any atom is -0.465 e. The smallest absolute Gasteiger partial charge is 0.408 e. The highest BCUT2D eigenvalue weighted by Gasteiger charge is 2.32. The summed E-state index contributed by atoms with van der Waals surface area (Å²) in [6.45, 7) is 0.335. The number of carbonyl (C=O) groups excluding carboxylic acids is 1. The first-order valence-corrected chi connectivity index (χ1v) is 7.47. The highest BCUT2D eigenvalue weighted by atomic mass is 19.1. The number of hydrogen-bond acceptors (Lipinski definition) is 3. The molecule has 1 heterocycles. The van der Waals surface area contributed by atoms with Crippen molar-refractivity contribution in [1.29, 1.82) is 0 Å². The van der Waals surface area contributed by atoms with Crippen LogP contribution >= 0.6 is 0 Å². The molecular weight excluding hydrogens is 313 g/mol. The summed E-state index contributed by atoms with van der Waals surface area (Å²) >= 11 is 0. The van der Waals surface area contributed by atoms with Gasteiger partial charge in [-0.05, 0) is 47.4 Å². The molecular formula is C18H16FNO4. The molecule has 6 heteroatoms. The van der Waals surface area contributed by atoms with E-state index in [4.69, 9.17) is 4.74 Å². The fraction of sp³-hybridized carbons (Fsp3) is 0.222. The normalized spacial score (nSPS) is 16.4. The zero-order valence-electron chi connectivity index (χ0n) is 13.0. The zero-order chi connectivity index (χ0) is 17.3. The highest BCUT2D eigenvalue weighted by Crippen LogP contribution is 2.36. The van der Waals surface area contributed by atoms with E-state index in [0.29, 0.717) is 24.1 Å². The van der Waals surface area contributed by atoms with Gasteiger partial charge in [0.15, 0.2) is 0 Å². The molecule has 1 N–H and O–H groups in total. The molecule has 1 aliphatic rings. The van der Waals surface area contributed by atoms with Gasteiger partial charge in [0.05, 0.1) is 18.7 Å². The molecule has 2 aromatic carbocycles. The van der Waals surface area contributed by atoms with Gasteiger partial charge in [-0.25, -0.2) is 14.0 Å². The molecule has 1 atom stereocenters. The number of carboxylic acid groups (broad SMARTS) is 1. The van der Waals surface area contributed by atoms with Gasteiger partial charge in [-0.2, -0.15) is 0 Å². The third-order valence-electron chi connectivity index (χ3n) is 4.23. The van der Waals surface area contributed by atoms with Gasteiger partial charge in [0.2, 0.25) is 0 Å². The number of rotatable bonds is 2. The van der Waals surface area contributed by atoms with Crippen molar-refractivity contribution in [3.8, 4) is 0 Å². The molecule has 3 rings (SSSR count). The van der Waals surface area contributed by atoms with Crippen molar-refractivity contribution in [3.05, 3.63) is 70.5 Å². The van der Waals surface area contributed by atoms with Gasteiger partial charge in [-0.15, -0.1) is 0 Å². The van der Waals surface area contributed by atoms with E-state index in [1.165, 1.54) is 24.1 Å². The summed E-state index contributed by atoms with van der Waals surface area (Å²) in [5.74, 6) is -0.872. The monoisotopic (exact) mass is 329 g/mol. The van der Waals surface area contributed by atoms with Crippen molar-refractivity contribution in [2.45, 2.75) is 12.5 Å². The third kappa shape index (κ3) is 2.82. The molecule has 2 aromatic rings. The molecule has 0 fully saturated rings. The zero-order valence-corrected chi connectivity index (χ0v) is 13.0. The average Bonchev–Trinajstić information content (AvgIpc) is 2.60. The maximum Gasteiger partial charge on any atom is 0.408 e. The van der Waals surface area contributed by atoms with Crippen LogP contribution in [0.3, 0.4) is 0 Å². The number of carbonyl (C=O) groups is 2. The van der Waals surface area contributed by atoms with Crippen LogP contribution < -0.4 is 0 Å². The van der Waals surface area contributed by atoms with Gasteiger partial charge in [0.1, 0.15) is 5.82 Å². The topological polar surface area (TPSA) is 66.8 Å². The molecule has 24 heavy (non-hydrogen) atoms. The molecule has 0 bridgehead atoms. The predicted molar refractivity (Wildman–Crippen MR) is 84.5 cm³/mol. The number of hydrogen-bond donors (Lipinski definition) is 1. The van der Waals surface area contributed by atoms with Crippen LogP contribution in [0.2, 0.25) is 0 Å². The molecule has 0 saturated heterocycles. The Morgan fingerprint density at radius 1 is 1.21 bits per heavy atom. The third-order valence-corrected chi connectivity index (χ3v) is 4.23. The van der Waals surface area contributed by atoms with Crippen LogP contribution in [-0.4, -0.2) is 35.7 Å². The van der Waals surface area contributed by atoms with Crippen molar-refractivity contribution in [2.24, 2.45) is 0 Å². The van der Waals surface area contributed by atoms with E-state index in [2.05, 4.69) is 0 Å². The average molecular weight is 329 g/mol. The summed E-state index contributed by atoms with van der Waals surface area (Å²) in [7, 11) is 1.29. The molecule has 1 amide bonds. The van der Waals surface area contributed by atoms with Crippen LogP contribution in [0.25, 0.3) is 0 Å². The second kappa shape index (κ2) is 6.31. The van der Waals surface area contributed by atoms with Crippen molar-refractivity contribution in [2.75, 3.05) is 13.7 Å². The van der Waals surface area contributed by atoms with Gasteiger partial charge in [0, 0.05) is 6.54 Å². The number of fused-ring (bicyclic) bond motifs is 1. The first kappa shape index (κ1) is 16.0. The van der Waals surface area contributed by atoms with Gasteiger partial charge in [0.25, 0.3) is 0 Å². The molecule has 0 spiro atoms. The number of benzene rings is 2. The van der Waals surface area contributed by atoms with E-state index in [-0.39, 0.29) is 5.82 Å². The molecule has 0 aromatic heterocycles. The minimum absolute atomic E-state index is 0.335. The Kier molecular flexibility index (Phi) is 4.20. The number of esters is 1. The lowest BCUT2D eigenvalue weighted by atomic mass is 9.87. The number of nitrogens with zero attached hydrogens (tertiary/aromatic N) is 1. The SMILES string of the molecule is COC(=O)c1ccc2c(c1)C(c1ccc(F)cc1)N(C(=O)O)CC2. The molecule has 0 saturated carbocycles. The molecule has 1 aliphatic heterocycles. The quantitative estimate of drug-likeness (QED) is 0.859. The number of ether oxygens (including phenoxy) is 1. The van der Waals surface area contributed by atoms with Crippen LogP contribution in [0.5, 0.6) is 0 Å².